The molecule has 0 saturated carbocycles. The number of aromatic nitrogens is 6. The molecule has 0 N–H and O–H groups in total. The van der Waals surface area contributed by atoms with Crippen molar-refractivity contribution in [3.05, 3.63) is 95.6 Å². The van der Waals surface area contributed by atoms with Crippen LogP contribution in [0.4, 0.5) is 13.2 Å². The summed E-state index contributed by atoms with van der Waals surface area (Å²) < 4.78 is 42.5. The van der Waals surface area contributed by atoms with Crippen LogP contribution in [0.2, 0.25) is 5.02 Å². The van der Waals surface area contributed by atoms with Gasteiger partial charge in [-0.2, -0.15) is 23.0 Å². The summed E-state index contributed by atoms with van der Waals surface area (Å²) in [6.07, 6.45) is -2.86. The molecule has 0 atom stereocenters. The van der Waals surface area contributed by atoms with Crippen LogP contribution in [0, 0.1) is 0 Å². The van der Waals surface area contributed by atoms with Crippen LogP contribution in [0.5, 0.6) is 0 Å². The van der Waals surface area contributed by atoms with E-state index in [1.807, 2.05) is 30.3 Å². The van der Waals surface area contributed by atoms with Crippen LogP contribution in [-0.4, -0.2) is 30.0 Å². The van der Waals surface area contributed by atoms with Crippen molar-refractivity contribution >= 4 is 11.6 Å². The fourth-order valence-electron chi connectivity index (χ4n) is 3.51. The van der Waals surface area contributed by atoms with E-state index in [1.54, 1.807) is 39.8 Å². The molecule has 2 heterocycles. The molecule has 3 aromatic carbocycles. The van der Waals surface area contributed by atoms with Gasteiger partial charge in [-0.05, 0) is 52.9 Å². The lowest BCUT2D eigenvalue weighted by atomic mass is 10.0. The first kappa shape index (κ1) is 20.9. The molecule has 6 nitrogen and oxygen atoms in total. The lowest BCUT2D eigenvalue weighted by molar-refractivity contribution is -0.137. The third-order valence-corrected chi connectivity index (χ3v) is 5.25. The first-order valence-electron chi connectivity index (χ1n) is 9.77. The molecule has 0 radical (unpaired) electrons. The third kappa shape index (κ3) is 3.98. The summed E-state index contributed by atoms with van der Waals surface area (Å²) in [6.45, 7) is 0. The average molecular weight is 467 g/mol. The second-order valence-electron chi connectivity index (χ2n) is 7.12. The predicted molar refractivity (Wildman–Crippen MR) is 117 cm³/mol. The highest BCUT2D eigenvalue weighted by Gasteiger charge is 2.30. The van der Waals surface area contributed by atoms with Crippen LogP contribution < -0.4 is 0 Å². The molecule has 0 aliphatic heterocycles. The summed E-state index contributed by atoms with van der Waals surface area (Å²) >= 11 is 6.17. The van der Waals surface area contributed by atoms with Crippen molar-refractivity contribution in [2.75, 3.05) is 0 Å². The van der Waals surface area contributed by atoms with E-state index in [-0.39, 0.29) is 0 Å². The van der Waals surface area contributed by atoms with Gasteiger partial charge in [0, 0.05) is 10.6 Å². The fourth-order valence-corrected chi connectivity index (χ4v) is 3.69. The smallest absolute Gasteiger partial charge is 0.232 e. The van der Waals surface area contributed by atoms with Gasteiger partial charge in [0.1, 0.15) is 0 Å². The van der Waals surface area contributed by atoms with Gasteiger partial charge in [-0.1, -0.05) is 48.0 Å². The van der Waals surface area contributed by atoms with Crippen LogP contribution in [0.3, 0.4) is 0 Å². The van der Waals surface area contributed by atoms with E-state index in [0.29, 0.717) is 33.4 Å². The molecule has 10 heteroatoms. The summed E-state index contributed by atoms with van der Waals surface area (Å²) in [5, 5.41) is 17.1. The fraction of sp³-hybridized carbons (Fsp3) is 0.0435. The number of nitrogens with zero attached hydrogens (tertiary/aromatic N) is 6. The molecular formula is C23H14ClF3N6. The highest BCUT2D eigenvalue weighted by Crippen LogP contribution is 2.36. The first-order valence-corrected chi connectivity index (χ1v) is 10.2. The second kappa shape index (κ2) is 8.18. The summed E-state index contributed by atoms with van der Waals surface area (Å²) in [6, 6.07) is 21.2. The zero-order chi connectivity index (χ0) is 23.0. The molecule has 164 valence electrons. The van der Waals surface area contributed by atoms with Gasteiger partial charge in [-0.15, -0.1) is 5.10 Å². The minimum absolute atomic E-state index is 0.393. The minimum Gasteiger partial charge on any atom is -0.232 e. The van der Waals surface area contributed by atoms with Crippen molar-refractivity contribution in [2.45, 2.75) is 6.18 Å². The molecule has 0 spiro atoms. The summed E-state index contributed by atoms with van der Waals surface area (Å²) in [5.41, 5.74) is 2.21. The molecule has 0 unspecified atom stereocenters. The van der Waals surface area contributed by atoms with Crippen molar-refractivity contribution in [3.63, 3.8) is 0 Å². The molecule has 5 rings (SSSR count). The highest BCUT2D eigenvalue weighted by atomic mass is 35.5. The van der Waals surface area contributed by atoms with Gasteiger partial charge in [0.2, 0.25) is 0 Å². The Morgan fingerprint density at radius 3 is 2.21 bits per heavy atom. The Kier molecular flexibility index (Phi) is 5.18. The van der Waals surface area contributed by atoms with Gasteiger partial charge in [0.15, 0.2) is 5.82 Å². The number of benzene rings is 3. The van der Waals surface area contributed by atoms with Crippen molar-refractivity contribution in [3.8, 4) is 34.0 Å². The number of halogens is 4. The van der Waals surface area contributed by atoms with E-state index < -0.39 is 11.7 Å². The maximum atomic E-state index is 13.1. The zero-order valence-corrected chi connectivity index (χ0v) is 17.5. The van der Waals surface area contributed by atoms with Crippen LogP contribution in [-0.2, 0) is 6.18 Å². The van der Waals surface area contributed by atoms with Gasteiger partial charge in [0.05, 0.1) is 34.4 Å². The van der Waals surface area contributed by atoms with Gasteiger partial charge in [0.25, 0.3) is 0 Å². The SMILES string of the molecule is FC(F)(F)c1ccc(-c2c(-c3nnnn3-c3ccccc3)cnn2-c2cccc(Cl)c2)cc1. The topological polar surface area (TPSA) is 61.4 Å². The Bertz CT molecular complexity index is 1410. The Morgan fingerprint density at radius 1 is 0.788 bits per heavy atom. The van der Waals surface area contributed by atoms with Crippen LogP contribution in [0.25, 0.3) is 34.0 Å². The van der Waals surface area contributed by atoms with Gasteiger partial charge >= 0.3 is 6.18 Å². The summed E-state index contributed by atoms with van der Waals surface area (Å²) in [5.74, 6) is 0.393. The number of alkyl halides is 3. The maximum Gasteiger partial charge on any atom is 0.416 e. The summed E-state index contributed by atoms with van der Waals surface area (Å²) in [7, 11) is 0. The zero-order valence-electron chi connectivity index (χ0n) is 16.8. The molecule has 33 heavy (non-hydrogen) atoms. The lowest BCUT2D eigenvalue weighted by Crippen LogP contribution is -2.05. The molecule has 0 saturated heterocycles. The number of para-hydroxylation sites is 1. The van der Waals surface area contributed by atoms with E-state index >= 15 is 0 Å². The molecule has 0 aliphatic rings. The van der Waals surface area contributed by atoms with E-state index in [4.69, 9.17) is 11.6 Å². The van der Waals surface area contributed by atoms with Crippen LogP contribution >= 0.6 is 11.6 Å². The highest BCUT2D eigenvalue weighted by molar-refractivity contribution is 6.30. The number of tetrazole rings is 1. The Balaban J connectivity index is 1.72. The minimum atomic E-state index is -4.44. The van der Waals surface area contributed by atoms with Gasteiger partial charge < -0.3 is 0 Å². The molecule has 0 bridgehead atoms. The van der Waals surface area contributed by atoms with Crippen LogP contribution in [0.1, 0.15) is 5.56 Å². The molecule has 0 aliphatic carbocycles. The van der Waals surface area contributed by atoms with Gasteiger partial charge in [-0.3, -0.25) is 0 Å². The largest absolute Gasteiger partial charge is 0.416 e. The maximum absolute atomic E-state index is 13.1. The number of rotatable bonds is 4. The van der Waals surface area contributed by atoms with Crippen LogP contribution in [0.15, 0.2) is 85.1 Å². The van der Waals surface area contributed by atoms with E-state index in [2.05, 4.69) is 20.6 Å². The van der Waals surface area contributed by atoms with E-state index in [0.717, 1.165) is 17.8 Å². The van der Waals surface area contributed by atoms with Crippen molar-refractivity contribution in [1.82, 2.24) is 30.0 Å². The molecule has 0 amide bonds. The van der Waals surface area contributed by atoms with Gasteiger partial charge in [-0.25, -0.2) is 4.68 Å². The molecule has 5 aromatic rings. The van der Waals surface area contributed by atoms with Crippen molar-refractivity contribution in [1.29, 1.82) is 0 Å². The van der Waals surface area contributed by atoms with E-state index in [9.17, 15) is 13.2 Å². The second-order valence-corrected chi connectivity index (χ2v) is 7.56. The quantitative estimate of drug-likeness (QED) is 0.333. The average Bonchev–Trinajstić information content (AvgIpc) is 3.46. The molecular weight excluding hydrogens is 453 g/mol. The summed E-state index contributed by atoms with van der Waals surface area (Å²) in [4.78, 5) is 0. The Morgan fingerprint density at radius 2 is 1.52 bits per heavy atom. The monoisotopic (exact) mass is 466 g/mol. The molecule has 0 fully saturated rings. The Labute approximate surface area is 190 Å². The predicted octanol–water partition coefficient (Wildman–Crippen LogP) is 5.85. The Hall–Kier alpha value is -3.98. The first-order chi connectivity index (χ1) is 15.9. The van der Waals surface area contributed by atoms with Crippen molar-refractivity contribution < 1.29 is 13.2 Å². The molecule has 2 aromatic heterocycles. The third-order valence-electron chi connectivity index (χ3n) is 5.02. The van der Waals surface area contributed by atoms with Crippen molar-refractivity contribution in [2.24, 2.45) is 0 Å². The standard InChI is InChI=1S/C23H14ClF3N6/c24-17-5-4-8-19(13-17)32-21(15-9-11-16(12-10-15)23(25,26)27)20(14-28-32)22-29-30-31-33(22)18-6-2-1-3-7-18/h1-14H. The number of hydrogen-bond acceptors (Lipinski definition) is 4. The number of hydrogen-bond donors (Lipinski definition) is 0. The normalized spacial score (nSPS) is 11.6. The van der Waals surface area contributed by atoms with E-state index in [1.165, 1.54) is 12.1 Å². The lowest BCUT2D eigenvalue weighted by Gasteiger charge is -2.12.